The summed E-state index contributed by atoms with van der Waals surface area (Å²) in [6.07, 6.45) is 2.14. The molecule has 3 rings (SSSR count). The number of nitrogens with zero attached hydrogens (tertiary/aromatic N) is 1. The second-order valence-electron chi connectivity index (χ2n) is 5.81. The zero-order valence-corrected chi connectivity index (χ0v) is 13.1. The Morgan fingerprint density at radius 3 is 2.87 bits per heavy atom. The van der Waals surface area contributed by atoms with E-state index < -0.39 is 5.92 Å². The number of ketones is 1. The molecule has 5 heteroatoms. The van der Waals surface area contributed by atoms with Crippen LogP contribution in [0.5, 0.6) is 11.5 Å². The number of carbonyl (C=O) groups excluding carboxylic acids is 1. The molecule has 118 valence electrons. The third kappa shape index (κ3) is 2.46. The van der Waals surface area contributed by atoms with Crippen LogP contribution in [0.25, 0.3) is 0 Å². The number of aromatic hydroxyl groups is 1. The van der Waals surface area contributed by atoms with Crippen molar-refractivity contribution in [2.75, 3.05) is 7.11 Å². The lowest BCUT2D eigenvalue weighted by molar-refractivity contribution is -0.116. The maximum absolute atomic E-state index is 12.5. The SMILES string of the molecule is COc1cc(C2C(C#N)=C(C)NC3=C2C(=O)CCC3)ccc1O. The molecule has 2 N–H and O–H groups in total. The molecule has 0 aromatic heterocycles. The summed E-state index contributed by atoms with van der Waals surface area (Å²) >= 11 is 0. The summed E-state index contributed by atoms with van der Waals surface area (Å²) in [6.45, 7) is 1.85. The van der Waals surface area contributed by atoms with Gasteiger partial charge in [-0.05, 0) is 37.5 Å². The van der Waals surface area contributed by atoms with Crippen LogP contribution in [0.2, 0.25) is 0 Å². The largest absolute Gasteiger partial charge is 0.504 e. The van der Waals surface area contributed by atoms with Crippen LogP contribution in [0.1, 0.15) is 37.7 Å². The van der Waals surface area contributed by atoms with Crippen molar-refractivity contribution in [1.82, 2.24) is 5.32 Å². The lowest BCUT2D eigenvalue weighted by Crippen LogP contribution is -2.31. The van der Waals surface area contributed by atoms with Gasteiger partial charge < -0.3 is 15.2 Å². The van der Waals surface area contributed by atoms with E-state index >= 15 is 0 Å². The minimum atomic E-state index is -0.404. The minimum Gasteiger partial charge on any atom is -0.504 e. The van der Waals surface area contributed by atoms with Gasteiger partial charge in [0.05, 0.1) is 24.7 Å². The van der Waals surface area contributed by atoms with Gasteiger partial charge in [0, 0.05) is 23.4 Å². The van der Waals surface area contributed by atoms with Gasteiger partial charge in [0.25, 0.3) is 0 Å². The number of phenolic OH excluding ortho intramolecular Hbond substituents is 1. The summed E-state index contributed by atoms with van der Waals surface area (Å²) in [7, 11) is 1.48. The van der Waals surface area contributed by atoms with Crippen LogP contribution in [0, 0.1) is 11.3 Å². The lowest BCUT2D eigenvalue weighted by atomic mass is 9.75. The van der Waals surface area contributed by atoms with E-state index in [1.807, 2.05) is 6.92 Å². The first-order valence-corrected chi connectivity index (χ1v) is 7.57. The molecule has 5 nitrogen and oxygen atoms in total. The number of nitriles is 1. The summed E-state index contributed by atoms with van der Waals surface area (Å²) in [4.78, 5) is 12.5. The predicted octanol–water partition coefficient (Wildman–Crippen LogP) is 2.89. The van der Waals surface area contributed by atoms with Crippen LogP contribution in [-0.2, 0) is 4.79 Å². The summed E-state index contributed by atoms with van der Waals surface area (Å²) in [5, 5.41) is 22.6. The van der Waals surface area contributed by atoms with Crippen LogP contribution in [0.15, 0.2) is 40.7 Å². The van der Waals surface area contributed by atoms with Gasteiger partial charge >= 0.3 is 0 Å². The maximum atomic E-state index is 12.5. The van der Waals surface area contributed by atoms with Gasteiger partial charge in [-0.1, -0.05) is 6.07 Å². The number of rotatable bonds is 2. The molecule has 1 aliphatic carbocycles. The summed E-state index contributed by atoms with van der Waals surface area (Å²) in [5.41, 5.74) is 3.67. The van der Waals surface area contributed by atoms with E-state index in [9.17, 15) is 15.2 Å². The quantitative estimate of drug-likeness (QED) is 0.877. The molecular formula is C18H18N2O3. The third-order valence-electron chi connectivity index (χ3n) is 4.43. The Morgan fingerprint density at radius 2 is 2.17 bits per heavy atom. The average Bonchev–Trinajstić information content (AvgIpc) is 2.54. The third-order valence-corrected chi connectivity index (χ3v) is 4.43. The van der Waals surface area contributed by atoms with Crippen molar-refractivity contribution in [2.45, 2.75) is 32.1 Å². The zero-order valence-electron chi connectivity index (χ0n) is 13.1. The standard InChI is InChI=1S/C18H18N2O3/c1-10-12(9-19)17(11-6-7-14(21)16(8-11)23-2)18-13(20-10)4-3-5-15(18)22/h6-8,17,20-21H,3-5H2,1-2H3. The van der Waals surface area contributed by atoms with Gasteiger partial charge in [0.1, 0.15) is 0 Å². The van der Waals surface area contributed by atoms with Gasteiger partial charge in [-0.15, -0.1) is 0 Å². The second-order valence-corrected chi connectivity index (χ2v) is 5.81. The van der Waals surface area contributed by atoms with Gasteiger partial charge in [-0.2, -0.15) is 5.26 Å². The van der Waals surface area contributed by atoms with Crippen LogP contribution >= 0.6 is 0 Å². The summed E-state index contributed by atoms with van der Waals surface area (Å²) in [5.74, 6) is 0.0459. The molecule has 0 amide bonds. The van der Waals surface area contributed by atoms with Crippen molar-refractivity contribution in [3.63, 3.8) is 0 Å². The molecule has 1 heterocycles. The highest BCUT2D eigenvalue weighted by Crippen LogP contribution is 2.43. The van der Waals surface area contributed by atoms with Crippen LogP contribution < -0.4 is 10.1 Å². The first kappa shape index (κ1) is 15.2. The highest BCUT2D eigenvalue weighted by molar-refractivity contribution is 5.99. The van der Waals surface area contributed by atoms with Gasteiger partial charge in [-0.3, -0.25) is 4.79 Å². The van der Waals surface area contributed by atoms with E-state index in [1.165, 1.54) is 13.2 Å². The van der Waals surface area contributed by atoms with Crippen molar-refractivity contribution in [3.05, 3.63) is 46.3 Å². The molecule has 1 aromatic rings. The Morgan fingerprint density at radius 1 is 1.39 bits per heavy atom. The van der Waals surface area contributed by atoms with E-state index in [4.69, 9.17) is 4.74 Å². The molecule has 0 bridgehead atoms. The van der Waals surface area contributed by atoms with Crippen molar-refractivity contribution < 1.29 is 14.6 Å². The number of nitrogens with one attached hydrogen (secondary N) is 1. The number of phenols is 1. The Labute approximate surface area is 134 Å². The number of dihydropyridines is 1. The molecule has 0 saturated carbocycles. The number of methoxy groups -OCH3 is 1. The number of Topliss-reactive ketones (excluding diaryl/α,β-unsaturated/α-hetero) is 1. The van der Waals surface area contributed by atoms with Crippen molar-refractivity contribution in [1.29, 1.82) is 5.26 Å². The number of hydrogen-bond donors (Lipinski definition) is 2. The van der Waals surface area contributed by atoms with E-state index in [-0.39, 0.29) is 11.5 Å². The Kier molecular flexibility index (Phi) is 3.83. The van der Waals surface area contributed by atoms with E-state index in [0.717, 1.165) is 29.8 Å². The number of ether oxygens (including phenoxy) is 1. The smallest absolute Gasteiger partial charge is 0.161 e. The second kappa shape index (κ2) is 5.81. The Hall–Kier alpha value is -2.74. The zero-order chi connectivity index (χ0) is 16.6. The fourth-order valence-electron chi connectivity index (χ4n) is 3.34. The monoisotopic (exact) mass is 310 g/mol. The van der Waals surface area contributed by atoms with E-state index in [2.05, 4.69) is 11.4 Å². The van der Waals surface area contributed by atoms with Crippen molar-refractivity contribution in [2.24, 2.45) is 0 Å². The fraction of sp³-hybridized carbons (Fsp3) is 0.333. The molecular weight excluding hydrogens is 292 g/mol. The highest BCUT2D eigenvalue weighted by atomic mass is 16.5. The molecule has 1 aromatic carbocycles. The molecule has 0 radical (unpaired) electrons. The number of allylic oxidation sites excluding steroid dienone is 4. The van der Waals surface area contributed by atoms with E-state index in [1.54, 1.807) is 12.1 Å². The normalized spacial score (nSPS) is 20.7. The summed E-state index contributed by atoms with van der Waals surface area (Å²) < 4.78 is 5.17. The molecule has 0 saturated heterocycles. The number of carbonyl (C=O) groups is 1. The van der Waals surface area contributed by atoms with Crippen LogP contribution in [0.4, 0.5) is 0 Å². The molecule has 1 unspecified atom stereocenters. The highest BCUT2D eigenvalue weighted by Gasteiger charge is 2.36. The topological polar surface area (TPSA) is 82.3 Å². The first-order chi connectivity index (χ1) is 11.1. The van der Waals surface area contributed by atoms with Crippen molar-refractivity contribution in [3.8, 4) is 17.6 Å². The van der Waals surface area contributed by atoms with E-state index in [0.29, 0.717) is 23.3 Å². The molecule has 0 fully saturated rings. The molecule has 1 aliphatic heterocycles. The van der Waals surface area contributed by atoms with Gasteiger partial charge in [-0.25, -0.2) is 0 Å². The van der Waals surface area contributed by atoms with Gasteiger partial charge in [0.2, 0.25) is 0 Å². The van der Waals surface area contributed by atoms with Gasteiger partial charge in [0.15, 0.2) is 17.3 Å². The van der Waals surface area contributed by atoms with Crippen LogP contribution in [0.3, 0.4) is 0 Å². The molecule has 1 atom stereocenters. The lowest BCUT2D eigenvalue weighted by Gasteiger charge is -2.32. The Bertz CT molecular complexity index is 784. The average molecular weight is 310 g/mol. The first-order valence-electron chi connectivity index (χ1n) is 7.57. The number of hydrogen-bond acceptors (Lipinski definition) is 5. The number of benzene rings is 1. The molecule has 2 aliphatic rings. The van der Waals surface area contributed by atoms with Crippen LogP contribution in [-0.4, -0.2) is 18.0 Å². The minimum absolute atomic E-state index is 0.0357. The predicted molar refractivity (Wildman–Crippen MR) is 84.7 cm³/mol. The maximum Gasteiger partial charge on any atom is 0.161 e. The molecule has 23 heavy (non-hydrogen) atoms. The summed E-state index contributed by atoms with van der Waals surface area (Å²) in [6, 6.07) is 7.21. The molecule has 0 spiro atoms. The Balaban J connectivity index is 2.19. The van der Waals surface area contributed by atoms with Crippen molar-refractivity contribution >= 4 is 5.78 Å². The fourth-order valence-corrected chi connectivity index (χ4v) is 3.34.